The van der Waals surface area contributed by atoms with E-state index in [1.165, 1.54) is 0 Å². The topological polar surface area (TPSA) is 49.3 Å². The molecule has 1 fully saturated rings. The highest BCUT2D eigenvalue weighted by atomic mass is 35.5. The standard InChI is InChI=1S/C14H17Cl2NO2/c1-8(9-5-6-11(15)12(16)7-9)17-14(19)10-3-2-4-13(10)18/h5-8,10,13,18H,2-4H2,1H3,(H,17,19). The largest absolute Gasteiger partial charge is 0.392 e. The van der Waals surface area contributed by atoms with Crippen molar-refractivity contribution in [1.82, 2.24) is 5.32 Å². The van der Waals surface area contributed by atoms with Crippen LogP contribution in [0.2, 0.25) is 10.0 Å². The predicted octanol–water partition coefficient (Wildman–Crippen LogP) is 3.33. The van der Waals surface area contributed by atoms with Gasteiger partial charge in [-0.2, -0.15) is 0 Å². The Morgan fingerprint density at radius 1 is 1.37 bits per heavy atom. The average molecular weight is 302 g/mol. The number of nitrogens with one attached hydrogen (secondary N) is 1. The second-order valence-corrected chi connectivity index (χ2v) is 5.82. The predicted molar refractivity (Wildman–Crippen MR) is 76.4 cm³/mol. The molecular weight excluding hydrogens is 285 g/mol. The molecular formula is C14H17Cl2NO2. The van der Waals surface area contributed by atoms with Crippen molar-refractivity contribution in [2.75, 3.05) is 0 Å². The van der Waals surface area contributed by atoms with Gasteiger partial charge in [-0.3, -0.25) is 4.79 Å². The van der Waals surface area contributed by atoms with Gasteiger partial charge >= 0.3 is 0 Å². The zero-order valence-corrected chi connectivity index (χ0v) is 12.2. The van der Waals surface area contributed by atoms with Crippen LogP contribution < -0.4 is 5.32 Å². The van der Waals surface area contributed by atoms with E-state index in [0.29, 0.717) is 16.5 Å². The summed E-state index contributed by atoms with van der Waals surface area (Å²) in [6.07, 6.45) is 1.85. The number of aliphatic hydroxyl groups excluding tert-OH is 1. The maximum Gasteiger partial charge on any atom is 0.226 e. The first-order chi connectivity index (χ1) is 8.99. The van der Waals surface area contributed by atoms with Crippen LogP contribution in [0.4, 0.5) is 0 Å². The SMILES string of the molecule is CC(NC(=O)C1CCCC1O)c1ccc(Cl)c(Cl)c1. The van der Waals surface area contributed by atoms with E-state index >= 15 is 0 Å². The van der Waals surface area contributed by atoms with E-state index in [4.69, 9.17) is 23.2 Å². The van der Waals surface area contributed by atoms with Crippen molar-refractivity contribution in [3.8, 4) is 0 Å². The van der Waals surface area contributed by atoms with E-state index in [0.717, 1.165) is 18.4 Å². The molecule has 0 bridgehead atoms. The Hall–Kier alpha value is -0.770. The molecule has 2 N–H and O–H groups in total. The van der Waals surface area contributed by atoms with Gasteiger partial charge < -0.3 is 10.4 Å². The molecule has 1 aliphatic rings. The summed E-state index contributed by atoms with van der Waals surface area (Å²) in [4.78, 5) is 12.1. The summed E-state index contributed by atoms with van der Waals surface area (Å²) >= 11 is 11.8. The van der Waals surface area contributed by atoms with Crippen LogP contribution in [0.1, 0.15) is 37.8 Å². The lowest BCUT2D eigenvalue weighted by Crippen LogP contribution is -2.36. The number of hydrogen-bond acceptors (Lipinski definition) is 2. The summed E-state index contributed by atoms with van der Waals surface area (Å²) in [6, 6.07) is 5.14. The number of amides is 1. The van der Waals surface area contributed by atoms with Crippen LogP contribution in [0.5, 0.6) is 0 Å². The number of aliphatic hydroxyl groups is 1. The summed E-state index contributed by atoms with van der Waals surface area (Å²) in [5.74, 6) is -0.381. The fourth-order valence-electron chi connectivity index (χ4n) is 2.43. The minimum Gasteiger partial charge on any atom is -0.392 e. The molecule has 0 heterocycles. The number of carbonyl (C=O) groups is 1. The van der Waals surface area contributed by atoms with Crippen molar-refractivity contribution in [2.24, 2.45) is 5.92 Å². The monoisotopic (exact) mass is 301 g/mol. The number of rotatable bonds is 3. The highest BCUT2D eigenvalue weighted by Gasteiger charge is 2.32. The first kappa shape index (κ1) is 14.6. The van der Waals surface area contributed by atoms with Crippen molar-refractivity contribution in [3.05, 3.63) is 33.8 Å². The minimum atomic E-state index is -0.513. The quantitative estimate of drug-likeness (QED) is 0.899. The normalized spacial score (nSPS) is 24.2. The van der Waals surface area contributed by atoms with Gasteiger partial charge in [-0.25, -0.2) is 0 Å². The Morgan fingerprint density at radius 2 is 2.11 bits per heavy atom. The molecule has 104 valence electrons. The molecule has 19 heavy (non-hydrogen) atoms. The third kappa shape index (κ3) is 3.41. The van der Waals surface area contributed by atoms with Gasteiger partial charge in [0.1, 0.15) is 0 Å². The number of benzene rings is 1. The van der Waals surface area contributed by atoms with Gasteiger partial charge in [-0.1, -0.05) is 29.3 Å². The van der Waals surface area contributed by atoms with E-state index in [1.54, 1.807) is 12.1 Å². The second-order valence-electron chi connectivity index (χ2n) is 5.01. The van der Waals surface area contributed by atoms with Gasteiger partial charge in [-0.05, 0) is 43.9 Å². The maximum absolute atomic E-state index is 12.1. The van der Waals surface area contributed by atoms with Crippen LogP contribution in [-0.4, -0.2) is 17.1 Å². The summed E-state index contributed by atoms with van der Waals surface area (Å²) < 4.78 is 0. The lowest BCUT2D eigenvalue weighted by atomic mass is 10.0. The zero-order valence-electron chi connectivity index (χ0n) is 10.7. The number of carbonyl (C=O) groups excluding carboxylic acids is 1. The van der Waals surface area contributed by atoms with E-state index in [9.17, 15) is 9.90 Å². The van der Waals surface area contributed by atoms with E-state index in [1.807, 2.05) is 13.0 Å². The molecule has 0 aliphatic heterocycles. The molecule has 1 amide bonds. The zero-order chi connectivity index (χ0) is 14.0. The van der Waals surface area contributed by atoms with Crippen LogP contribution in [0.15, 0.2) is 18.2 Å². The Kier molecular flexibility index (Phi) is 4.71. The summed E-state index contributed by atoms with van der Waals surface area (Å²) in [5.41, 5.74) is 0.898. The van der Waals surface area contributed by atoms with Crippen LogP contribution in [-0.2, 0) is 4.79 Å². The molecule has 3 nitrogen and oxygen atoms in total. The van der Waals surface area contributed by atoms with Gasteiger partial charge in [-0.15, -0.1) is 0 Å². The fraction of sp³-hybridized carbons (Fsp3) is 0.500. The number of hydrogen-bond donors (Lipinski definition) is 2. The van der Waals surface area contributed by atoms with Crippen molar-refractivity contribution in [1.29, 1.82) is 0 Å². The first-order valence-electron chi connectivity index (χ1n) is 6.42. The maximum atomic E-state index is 12.1. The molecule has 5 heteroatoms. The molecule has 0 saturated heterocycles. The molecule has 3 unspecified atom stereocenters. The molecule has 1 aliphatic carbocycles. The second kappa shape index (κ2) is 6.12. The summed E-state index contributed by atoms with van der Waals surface area (Å²) in [6.45, 7) is 1.89. The van der Waals surface area contributed by atoms with Gasteiger partial charge in [0.2, 0.25) is 5.91 Å². The van der Waals surface area contributed by atoms with Gasteiger partial charge in [0.05, 0.1) is 28.1 Å². The average Bonchev–Trinajstić information content (AvgIpc) is 2.79. The lowest BCUT2D eigenvalue weighted by molar-refractivity contribution is -0.128. The van der Waals surface area contributed by atoms with E-state index in [2.05, 4.69) is 5.32 Å². The molecule has 3 atom stereocenters. The van der Waals surface area contributed by atoms with E-state index < -0.39 is 6.10 Å². The highest BCUT2D eigenvalue weighted by Crippen LogP contribution is 2.28. The third-order valence-corrected chi connectivity index (χ3v) is 4.36. The van der Waals surface area contributed by atoms with Gasteiger partial charge in [0.25, 0.3) is 0 Å². The molecule has 0 spiro atoms. The van der Waals surface area contributed by atoms with Gasteiger partial charge in [0, 0.05) is 0 Å². The number of halogens is 2. The minimum absolute atomic E-state index is 0.0939. The third-order valence-electron chi connectivity index (χ3n) is 3.62. The Bertz CT molecular complexity index is 479. The van der Waals surface area contributed by atoms with E-state index in [-0.39, 0.29) is 17.9 Å². The van der Waals surface area contributed by atoms with Crippen molar-refractivity contribution < 1.29 is 9.90 Å². The molecule has 2 rings (SSSR count). The molecule has 1 aromatic carbocycles. The first-order valence-corrected chi connectivity index (χ1v) is 7.18. The fourth-order valence-corrected chi connectivity index (χ4v) is 2.74. The smallest absolute Gasteiger partial charge is 0.226 e. The van der Waals surface area contributed by atoms with Crippen LogP contribution >= 0.6 is 23.2 Å². The van der Waals surface area contributed by atoms with Gasteiger partial charge in [0.15, 0.2) is 0 Å². The Balaban J connectivity index is 2.02. The Labute approximate surface area is 122 Å². The summed E-state index contributed by atoms with van der Waals surface area (Å²) in [7, 11) is 0. The van der Waals surface area contributed by atoms with Crippen molar-refractivity contribution in [3.63, 3.8) is 0 Å². The van der Waals surface area contributed by atoms with Crippen molar-refractivity contribution in [2.45, 2.75) is 38.3 Å². The molecule has 1 saturated carbocycles. The summed E-state index contributed by atoms with van der Waals surface area (Å²) in [5, 5.41) is 13.6. The van der Waals surface area contributed by atoms with Crippen LogP contribution in [0.25, 0.3) is 0 Å². The van der Waals surface area contributed by atoms with Crippen LogP contribution in [0.3, 0.4) is 0 Å². The molecule has 0 aromatic heterocycles. The molecule has 0 radical (unpaired) electrons. The highest BCUT2D eigenvalue weighted by molar-refractivity contribution is 6.42. The van der Waals surface area contributed by atoms with Crippen molar-refractivity contribution >= 4 is 29.1 Å². The molecule has 1 aromatic rings. The Morgan fingerprint density at radius 3 is 2.68 bits per heavy atom. The van der Waals surface area contributed by atoms with Crippen LogP contribution in [0, 0.1) is 5.92 Å². The lowest BCUT2D eigenvalue weighted by Gasteiger charge is -2.19.